The Labute approximate surface area is 194 Å². The summed E-state index contributed by atoms with van der Waals surface area (Å²) < 4.78 is 48.4. The average Bonchev–Trinajstić information content (AvgIpc) is 3.32. The number of nitrogens with zero attached hydrogens (tertiary/aromatic N) is 4. The zero-order valence-corrected chi connectivity index (χ0v) is 19.8. The molecule has 0 saturated heterocycles. The molecule has 0 radical (unpaired) electrons. The summed E-state index contributed by atoms with van der Waals surface area (Å²) in [5.74, 6) is 0.857. The summed E-state index contributed by atoms with van der Waals surface area (Å²) >= 11 is 0. The van der Waals surface area contributed by atoms with Crippen molar-refractivity contribution in [2.75, 3.05) is 0 Å². The molecule has 0 bridgehead atoms. The molecule has 0 spiro atoms. The van der Waals surface area contributed by atoms with Gasteiger partial charge in [0.15, 0.2) is 5.65 Å². The Balaban J connectivity index is 1.91. The Morgan fingerprint density at radius 1 is 1.00 bits per heavy atom. The second-order valence-corrected chi connectivity index (χ2v) is 9.83. The maximum Gasteiger partial charge on any atom is 0.433 e. The van der Waals surface area contributed by atoms with Gasteiger partial charge in [-0.3, -0.25) is 9.89 Å². The Morgan fingerprint density at radius 2 is 1.65 bits per heavy atom. The number of benzene rings is 1. The average molecular weight is 473 g/mol. The van der Waals surface area contributed by atoms with Crippen molar-refractivity contribution in [3.8, 4) is 11.1 Å². The summed E-state index contributed by atoms with van der Waals surface area (Å²) in [6, 6.07) is 8.12. The number of hydrogen-bond acceptors (Lipinski definition) is 5. The van der Waals surface area contributed by atoms with Gasteiger partial charge in [-0.15, -0.1) is 10.2 Å². The topological polar surface area (TPSA) is 89.1 Å². The largest absolute Gasteiger partial charge is 0.433 e. The molecule has 0 amide bonds. The molecule has 0 unspecified atom stereocenters. The monoisotopic (exact) mass is 473 g/mol. The third-order valence-electron chi connectivity index (χ3n) is 5.97. The van der Waals surface area contributed by atoms with Crippen molar-refractivity contribution in [1.29, 1.82) is 0 Å². The molecule has 0 fully saturated rings. The molecular formula is C24H26F3N5O2. The lowest BCUT2D eigenvalue weighted by Gasteiger charge is -2.33. The number of aromatic nitrogens is 5. The standard InChI is InChI=1S/C24H26F3N5O2/c1-13-17(22(3,4)12-23(5,6)21-30-29-14(2)34-21)20(33)32-19(28-13)16(15-10-8-7-9-11-15)18(31-32)24(25,26)27/h7-11,31H,12H2,1-6H3. The minimum absolute atomic E-state index is 0.0626. The van der Waals surface area contributed by atoms with Gasteiger partial charge in [0.25, 0.3) is 5.56 Å². The fourth-order valence-corrected chi connectivity index (χ4v) is 4.88. The van der Waals surface area contributed by atoms with Gasteiger partial charge in [-0.05, 0) is 24.3 Å². The van der Waals surface area contributed by atoms with Crippen LogP contribution in [-0.4, -0.2) is 24.8 Å². The predicted octanol–water partition coefficient (Wildman–Crippen LogP) is 5.35. The van der Waals surface area contributed by atoms with Gasteiger partial charge < -0.3 is 4.42 Å². The number of H-pyrrole nitrogens is 1. The second kappa shape index (κ2) is 7.82. The van der Waals surface area contributed by atoms with E-state index in [0.29, 0.717) is 35.0 Å². The number of nitrogens with one attached hydrogen (secondary N) is 1. The maximum atomic E-state index is 14.0. The number of aromatic amines is 1. The van der Waals surface area contributed by atoms with Gasteiger partial charge in [-0.1, -0.05) is 58.0 Å². The van der Waals surface area contributed by atoms with Gasteiger partial charge in [-0.25, -0.2) is 9.50 Å². The first-order valence-corrected chi connectivity index (χ1v) is 10.8. The van der Waals surface area contributed by atoms with Gasteiger partial charge in [0.05, 0.1) is 5.56 Å². The molecule has 4 rings (SSSR count). The number of aryl methyl sites for hydroxylation is 2. The highest BCUT2D eigenvalue weighted by molar-refractivity contribution is 5.80. The fraction of sp³-hybridized carbons (Fsp3) is 0.417. The quantitative estimate of drug-likeness (QED) is 0.422. The van der Waals surface area contributed by atoms with Crippen molar-refractivity contribution in [3.05, 3.63) is 69.4 Å². The van der Waals surface area contributed by atoms with Crippen molar-refractivity contribution < 1.29 is 17.6 Å². The van der Waals surface area contributed by atoms with E-state index in [4.69, 9.17) is 4.42 Å². The summed E-state index contributed by atoms with van der Waals surface area (Å²) in [5.41, 5.74) is -2.15. The Morgan fingerprint density at radius 3 is 2.21 bits per heavy atom. The van der Waals surface area contributed by atoms with E-state index in [-0.39, 0.29) is 11.2 Å². The number of rotatable bonds is 5. The van der Waals surface area contributed by atoms with Gasteiger partial charge in [0.2, 0.25) is 11.8 Å². The van der Waals surface area contributed by atoms with Crippen LogP contribution in [0, 0.1) is 13.8 Å². The Hall–Kier alpha value is -3.43. The maximum absolute atomic E-state index is 14.0. The molecule has 3 heterocycles. The molecule has 10 heteroatoms. The summed E-state index contributed by atoms with van der Waals surface area (Å²) in [4.78, 5) is 18.1. The van der Waals surface area contributed by atoms with Crippen LogP contribution >= 0.6 is 0 Å². The fourth-order valence-electron chi connectivity index (χ4n) is 4.88. The SMILES string of the molecule is Cc1nnc(C(C)(C)CC(C)(C)c2c(C)nc3c(-c4ccccc4)c(C(F)(F)F)[nH]n3c2=O)o1. The van der Waals surface area contributed by atoms with Crippen LogP contribution in [0.1, 0.15) is 62.8 Å². The van der Waals surface area contributed by atoms with Gasteiger partial charge in [0.1, 0.15) is 5.69 Å². The highest BCUT2D eigenvalue weighted by Crippen LogP contribution is 2.40. The molecule has 0 atom stereocenters. The minimum atomic E-state index is -4.70. The molecule has 0 aliphatic carbocycles. The van der Waals surface area contributed by atoms with Crippen LogP contribution in [0.2, 0.25) is 0 Å². The van der Waals surface area contributed by atoms with E-state index in [9.17, 15) is 18.0 Å². The first-order valence-electron chi connectivity index (χ1n) is 10.8. The van der Waals surface area contributed by atoms with Gasteiger partial charge in [-0.2, -0.15) is 13.2 Å². The summed E-state index contributed by atoms with van der Waals surface area (Å²) in [6.45, 7) is 10.9. The summed E-state index contributed by atoms with van der Waals surface area (Å²) in [6.07, 6.45) is -4.28. The molecule has 180 valence electrons. The predicted molar refractivity (Wildman–Crippen MR) is 121 cm³/mol. The summed E-state index contributed by atoms with van der Waals surface area (Å²) in [7, 11) is 0. The minimum Gasteiger partial charge on any atom is -0.425 e. The van der Waals surface area contributed by atoms with Crippen molar-refractivity contribution in [1.82, 2.24) is 24.8 Å². The molecular weight excluding hydrogens is 447 g/mol. The van der Waals surface area contributed by atoms with Crippen LogP contribution in [0.25, 0.3) is 16.8 Å². The number of fused-ring (bicyclic) bond motifs is 1. The first-order chi connectivity index (χ1) is 15.7. The molecule has 4 aromatic rings. The van der Waals surface area contributed by atoms with E-state index >= 15 is 0 Å². The molecule has 0 aliphatic rings. The van der Waals surface area contributed by atoms with Crippen LogP contribution in [0.3, 0.4) is 0 Å². The second-order valence-electron chi connectivity index (χ2n) is 9.83. The molecule has 1 aromatic carbocycles. The van der Waals surface area contributed by atoms with Crippen molar-refractivity contribution in [2.45, 2.75) is 65.0 Å². The summed E-state index contributed by atoms with van der Waals surface area (Å²) in [5, 5.41) is 10.3. The molecule has 0 aliphatic heterocycles. The molecule has 7 nitrogen and oxygen atoms in total. The van der Waals surface area contributed by atoms with Crippen LogP contribution in [0.5, 0.6) is 0 Å². The number of alkyl halides is 3. The van der Waals surface area contributed by atoms with E-state index < -0.39 is 28.3 Å². The van der Waals surface area contributed by atoms with Crippen LogP contribution in [-0.2, 0) is 17.0 Å². The van der Waals surface area contributed by atoms with E-state index in [1.165, 1.54) is 0 Å². The lowest BCUT2D eigenvalue weighted by atomic mass is 9.71. The lowest BCUT2D eigenvalue weighted by molar-refractivity contribution is -0.140. The van der Waals surface area contributed by atoms with Gasteiger partial charge in [0, 0.05) is 23.6 Å². The van der Waals surface area contributed by atoms with E-state index in [0.717, 1.165) is 4.52 Å². The molecule has 3 aromatic heterocycles. The van der Waals surface area contributed by atoms with E-state index in [2.05, 4.69) is 20.3 Å². The molecule has 34 heavy (non-hydrogen) atoms. The zero-order chi connectivity index (χ0) is 25.1. The highest BCUT2D eigenvalue weighted by Gasteiger charge is 2.41. The van der Waals surface area contributed by atoms with Gasteiger partial charge >= 0.3 is 6.18 Å². The molecule has 1 N–H and O–H groups in total. The van der Waals surface area contributed by atoms with Crippen molar-refractivity contribution in [3.63, 3.8) is 0 Å². The van der Waals surface area contributed by atoms with Crippen LogP contribution in [0.15, 0.2) is 39.5 Å². The highest BCUT2D eigenvalue weighted by atomic mass is 19.4. The normalized spacial score (nSPS) is 13.1. The van der Waals surface area contributed by atoms with Crippen molar-refractivity contribution >= 4 is 5.65 Å². The Bertz CT molecular complexity index is 1410. The molecule has 0 saturated carbocycles. The lowest BCUT2D eigenvalue weighted by Crippen LogP contribution is -2.37. The van der Waals surface area contributed by atoms with Crippen LogP contribution < -0.4 is 5.56 Å². The first kappa shape index (κ1) is 23.7. The van der Waals surface area contributed by atoms with E-state index in [1.807, 2.05) is 27.7 Å². The van der Waals surface area contributed by atoms with Crippen molar-refractivity contribution in [2.24, 2.45) is 0 Å². The van der Waals surface area contributed by atoms with E-state index in [1.54, 1.807) is 44.2 Å². The Kier molecular flexibility index (Phi) is 5.45. The van der Waals surface area contributed by atoms with Crippen LogP contribution in [0.4, 0.5) is 13.2 Å². The number of hydrogen-bond donors (Lipinski definition) is 1. The smallest absolute Gasteiger partial charge is 0.425 e. The third kappa shape index (κ3) is 4.01. The third-order valence-corrected chi connectivity index (χ3v) is 5.97. The number of halogens is 3. The zero-order valence-electron chi connectivity index (χ0n) is 19.8.